The van der Waals surface area contributed by atoms with E-state index in [0.29, 0.717) is 0 Å². The highest BCUT2D eigenvalue weighted by Crippen LogP contribution is 2.06. The van der Waals surface area contributed by atoms with Crippen molar-refractivity contribution in [3.05, 3.63) is 35.4 Å². The zero-order valence-corrected chi connectivity index (χ0v) is 8.87. The lowest BCUT2D eigenvalue weighted by molar-refractivity contribution is 0.627. The van der Waals surface area contributed by atoms with Crippen LogP contribution in [0.2, 0.25) is 0 Å². The van der Waals surface area contributed by atoms with E-state index in [1.807, 2.05) is 24.3 Å². The molecule has 0 fully saturated rings. The molecule has 1 aromatic rings. The SMILES string of the molecule is N#Cc1ccccc1CNCCCCN. The maximum Gasteiger partial charge on any atom is 0.0995 e. The predicted octanol–water partition coefficient (Wildman–Crippen LogP) is 1.39. The molecule has 1 aromatic carbocycles. The van der Waals surface area contributed by atoms with Gasteiger partial charge in [-0.2, -0.15) is 5.26 Å². The smallest absolute Gasteiger partial charge is 0.0995 e. The number of benzene rings is 1. The van der Waals surface area contributed by atoms with Gasteiger partial charge in [0.25, 0.3) is 0 Å². The van der Waals surface area contributed by atoms with E-state index in [9.17, 15) is 0 Å². The summed E-state index contributed by atoms with van der Waals surface area (Å²) in [5.74, 6) is 0. The molecule has 0 aliphatic heterocycles. The molecule has 0 aliphatic carbocycles. The second kappa shape index (κ2) is 6.99. The summed E-state index contributed by atoms with van der Waals surface area (Å²) < 4.78 is 0. The van der Waals surface area contributed by atoms with Gasteiger partial charge in [-0.1, -0.05) is 18.2 Å². The van der Waals surface area contributed by atoms with Gasteiger partial charge >= 0.3 is 0 Å². The number of nitriles is 1. The van der Waals surface area contributed by atoms with E-state index in [1.165, 1.54) is 0 Å². The molecule has 0 saturated carbocycles. The molecule has 0 saturated heterocycles. The molecule has 0 spiro atoms. The average Bonchev–Trinajstić information content (AvgIpc) is 2.29. The van der Waals surface area contributed by atoms with Crippen molar-refractivity contribution in [1.29, 1.82) is 5.26 Å². The van der Waals surface area contributed by atoms with Crippen molar-refractivity contribution < 1.29 is 0 Å². The third-order valence-electron chi connectivity index (χ3n) is 2.26. The minimum absolute atomic E-state index is 0.746. The Morgan fingerprint density at radius 3 is 2.80 bits per heavy atom. The average molecular weight is 203 g/mol. The van der Waals surface area contributed by atoms with Crippen molar-refractivity contribution in [3.8, 4) is 6.07 Å². The number of rotatable bonds is 6. The third kappa shape index (κ3) is 4.11. The van der Waals surface area contributed by atoms with Gasteiger partial charge in [-0.3, -0.25) is 0 Å². The summed E-state index contributed by atoms with van der Waals surface area (Å²) in [6, 6.07) is 9.85. The molecule has 80 valence electrons. The Labute approximate surface area is 90.9 Å². The van der Waals surface area contributed by atoms with Gasteiger partial charge in [-0.15, -0.1) is 0 Å². The first-order valence-electron chi connectivity index (χ1n) is 5.27. The summed E-state index contributed by atoms with van der Waals surface area (Å²) in [6.45, 7) is 2.46. The van der Waals surface area contributed by atoms with Crippen LogP contribution < -0.4 is 11.1 Å². The third-order valence-corrected chi connectivity index (χ3v) is 2.26. The highest BCUT2D eigenvalue weighted by atomic mass is 14.8. The molecule has 0 atom stereocenters. The summed E-state index contributed by atoms with van der Waals surface area (Å²) in [5.41, 5.74) is 7.21. The zero-order valence-electron chi connectivity index (χ0n) is 8.87. The van der Waals surface area contributed by atoms with E-state index in [2.05, 4.69) is 11.4 Å². The standard InChI is InChI=1S/C12H17N3/c13-7-3-4-8-15-10-12-6-2-1-5-11(12)9-14/h1-2,5-6,15H,3-4,7-8,10,13H2. The topological polar surface area (TPSA) is 61.8 Å². The van der Waals surface area contributed by atoms with Crippen LogP contribution in [0.4, 0.5) is 0 Å². The molecule has 0 aliphatic rings. The summed E-state index contributed by atoms with van der Waals surface area (Å²) in [4.78, 5) is 0. The Morgan fingerprint density at radius 2 is 2.07 bits per heavy atom. The molecule has 0 heterocycles. The first-order chi connectivity index (χ1) is 7.38. The molecule has 0 aromatic heterocycles. The molecule has 0 amide bonds. The van der Waals surface area contributed by atoms with E-state index >= 15 is 0 Å². The number of unbranched alkanes of at least 4 members (excludes halogenated alkanes) is 1. The normalized spacial score (nSPS) is 9.87. The largest absolute Gasteiger partial charge is 0.330 e. The molecule has 3 heteroatoms. The van der Waals surface area contributed by atoms with E-state index < -0.39 is 0 Å². The second-order valence-corrected chi connectivity index (χ2v) is 3.44. The van der Waals surface area contributed by atoms with Crippen LogP contribution in [0.15, 0.2) is 24.3 Å². The van der Waals surface area contributed by atoms with Crippen LogP contribution in [-0.4, -0.2) is 13.1 Å². The van der Waals surface area contributed by atoms with Crippen molar-refractivity contribution in [2.24, 2.45) is 5.73 Å². The van der Waals surface area contributed by atoms with Crippen molar-refractivity contribution in [2.75, 3.05) is 13.1 Å². The molecule has 15 heavy (non-hydrogen) atoms. The summed E-state index contributed by atoms with van der Waals surface area (Å²) in [5, 5.41) is 12.2. The number of hydrogen-bond donors (Lipinski definition) is 2. The molecule has 1 rings (SSSR count). The molecule has 0 unspecified atom stereocenters. The maximum atomic E-state index is 8.86. The minimum Gasteiger partial charge on any atom is -0.330 e. The van der Waals surface area contributed by atoms with Crippen molar-refractivity contribution >= 4 is 0 Å². The van der Waals surface area contributed by atoms with Crippen molar-refractivity contribution in [3.63, 3.8) is 0 Å². The summed E-state index contributed by atoms with van der Waals surface area (Å²) in [7, 11) is 0. The summed E-state index contributed by atoms with van der Waals surface area (Å²) >= 11 is 0. The predicted molar refractivity (Wildman–Crippen MR) is 61.2 cm³/mol. The fourth-order valence-corrected chi connectivity index (χ4v) is 1.40. The Hall–Kier alpha value is -1.37. The number of hydrogen-bond acceptors (Lipinski definition) is 3. The van der Waals surface area contributed by atoms with Gasteiger partial charge < -0.3 is 11.1 Å². The molecule has 0 radical (unpaired) electrons. The number of nitrogens with zero attached hydrogens (tertiary/aromatic N) is 1. The minimum atomic E-state index is 0.746. The van der Waals surface area contributed by atoms with E-state index in [1.54, 1.807) is 0 Å². The van der Waals surface area contributed by atoms with Gasteiger partial charge in [0.2, 0.25) is 0 Å². The van der Waals surface area contributed by atoms with E-state index in [0.717, 1.165) is 43.6 Å². The molecule has 0 bridgehead atoms. The number of nitrogens with two attached hydrogens (primary N) is 1. The fourth-order valence-electron chi connectivity index (χ4n) is 1.40. The highest BCUT2D eigenvalue weighted by molar-refractivity contribution is 5.37. The molecular weight excluding hydrogens is 186 g/mol. The van der Waals surface area contributed by atoms with Crippen molar-refractivity contribution in [2.45, 2.75) is 19.4 Å². The van der Waals surface area contributed by atoms with Crippen LogP contribution >= 0.6 is 0 Å². The first kappa shape index (κ1) is 11.7. The Bertz CT molecular complexity index is 328. The van der Waals surface area contributed by atoms with Gasteiger partial charge in [0, 0.05) is 6.54 Å². The monoisotopic (exact) mass is 203 g/mol. The lowest BCUT2D eigenvalue weighted by Crippen LogP contribution is -2.16. The van der Waals surface area contributed by atoms with Gasteiger partial charge in [0.15, 0.2) is 0 Å². The number of nitrogens with one attached hydrogen (secondary N) is 1. The van der Waals surface area contributed by atoms with E-state index in [-0.39, 0.29) is 0 Å². The Kier molecular flexibility index (Phi) is 5.46. The Morgan fingerprint density at radius 1 is 1.27 bits per heavy atom. The van der Waals surface area contributed by atoms with Gasteiger partial charge in [-0.25, -0.2) is 0 Å². The zero-order chi connectivity index (χ0) is 10.9. The van der Waals surface area contributed by atoms with Crippen LogP contribution in [0.1, 0.15) is 24.0 Å². The summed E-state index contributed by atoms with van der Waals surface area (Å²) in [6.07, 6.45) is 2.14. The van der Waals surface area contributed by atoms with E-state index in [4.69, 9.17) is 11.0 Å². The van der Waals surface area contributed by atoms with Crippen molar-refractivity contribution in [1.82, 2.24) is 5.32 Å². The van der Waals surface area contributed by atoms with Crippen LogP contribution in [0.5, 0.6) is 0 Å². The van der Waals surface area contributed by atoms with Crippen LogP contribution in [0, 0.1) is 11.3 Å². The van der Waals surface area contributed by atoms with Gasteiger partial charge in [-0.05, 0) is 37.6 Å². The Balaban J connectivity index is 2.34. The van der Waals surface area contributed by atoms with Gasteiger partial charge in [0.1, 0.15) is 0 Å². The quantitative estimate of drug-likeness (QED) is 0.687. The maximum absolute atomic E-state index is 8.86. The molecule has 3 N–H and O–H groups in total. The van der Waals surface area contributed by atoms with Crippen LogP contribution in [0.3, 0.4) is 0 Å². The van der Waals surface area contributed by atoms with Gasteiger partial charge in [0.05, 0.1) is 11.6 Å². The molecular formula is C12H17N3. The fraction of sp³-hybridized carbons (Fsp3) is 0.417. The lowest BCUT2D eigenvalue weighted by atomic mass is 10.1. The van der Waals surface area contributed by atoms with Crippen LogP contribution in [-0.2, 0) is 6.54 Å². The highest BCUT2D eigenvalue weighted by Gasteiger charge is 1.98. The molecule has 3 nitrogen and oxygen atoms in total. The lowest BCUT2D eigenvalue weighted by Gasteiger charge is -2.05. The first-order valence-corrected chi connectivity index (χ1v) is 5.27. The van der Waals surface area contributed by atoms with Crippen LogP contribution in [0.25, 0.3) is 0 Å². The second-order valence-electron chi connectivity index (χ2n) is 3.44.